The molecule has 0 aromatic heterocycles. The van der Waals surface area contributed by atoms with Gasteiger partial charge in [-0.15, -0.1) is 11.6 Å². The van der Waals surface area contributed by atoms with Gasteiger partial charge in [0.05, 0.1) is 0 Å². The summed E-state index contributed by atoms with van der Waals surface area (Å²) in [7, 11) is 0. The van der Waals surface area contributed by atoms with Crippen molar-refractivity contribution in [1.29, 1.82) is 0 Å². The van der Waals surface area contributed by atoms with E-state index in [2.05, 4.69) is 18.7 Å². The molecule has 3 heteroatoms. The van der Waals surface area contributed by atoms with E-state index in [4.69, 9.17) is 11.6 Å². The fourth-order valence-electron chi connectivity index (χ4n) is 2.29. The Hall–Kier alpha value is -0.760. The number of hydrogen-bond acceptors (Lipinski definition) is 1. The van der Waals surface area contributed by atoms with Gasteiger partial charge >= 0.3 is 0 Å². The molecule has 1 nitrogen and oxygen atoms in total. The van der Waals surface area contributed by atoms with Crippen molar-refractivity contribution in [3.63, 3.8) is 0 Å². The standard InChI is InChI=1S/C13H17ClFN/c1-13(2)5-6-16(9-13)12-4-3-11(15)7-10(12)8-14/h3-4,7H,5-6,8-9H2,1-2H3. The van der Waals surface area contributed by atoms with E-state index in [0.29, 0.717) is 11.3 Å². The highest BCUT2D eigenvalue weighted by molar-refractivity contribution is 6.17. The Morgan fingerprint density at radius 2 is 2.19 bits per heavy atom. The summed E-state index contributed by atoms with van der Waals surface area (Å²) >= 11 is 5.86. The molecule has 1 heterocycles. The number of anilines is 1. The highest BCUT2D eigenvalue weighted by atomic mass is 35.5. The van der Waals surface area contributed by atoms with Gasteiger partial charge in [-0.2, -0.15) is 0 Å². The third-order valence-electron chi connectivity index (χ3n) is 3.20. The number of benzene rings is 1. The zero-order valence-corrected chi connectivity index (χ0v) is 10.5. The van der Waals surface area contributed by atoms with Crippen molar-refractivity contribution in [2.75, 3.05) is 18.0 Å². The average Bonchev–Trinajstić information content (AvgIpc) is 2.58. The van der Waals surface area contributed by atoms with Crippen LogP contribution in [0.4, 0.5) is 10.1 Å². The van der Waals surface area contributed by atoms with E-state index in [1.165, 1.54) is 18.6 Å². The Morgan fingerprint density at radius 3 is 2.75 bits per heavy atom. The minimum absolute atomic E-state index is 0.210. The molecule has 88 valence electrons. The lowest BCUT2D eigenvalue weighted by Crippen LogP contribution is -2.23. The van der Waals surface area contributed by atoms with Crippen molar-refractivity contribution in [1.82, 2.24) is 0 Å². The SMILES string of the molecule is CC1(C)CCN(c2ccc(F)cc2CCl)C1. The average molecular weight is 242 g/mol. The van der Waals surface area contributed by atoms with E-state index in [9.17, 15) is 4.39 Å². The first kappa shape index (κ1) is 11.7. The third kappa shape index (κ3) is 2.32. The zero-order valence-electron chi connectivity index (χ0n) is 9.76. The Morgan fingerprint density at radius 1 is 1.44 bits per heavy atom. The lowest BCUT2D eigenvalue weighted by Gasteiger charge is -2.23. The summed E-state index contributed by atoms with van der Waals surface area (Å²) < 4.78 is 13.1. The molecule has 0 unspecified atom stereocenters. The molecule has 1 aliphatic heterocycles. The first-order valence-electron chi connectivity index (χ1n) is 5.61. The summed E-state index contributed by atoms with van der Waals surface area (Å²) in [4.78, 5) is 2.30. The summed E-state index contributed by atoms with van der Waals surface area (Å²) in [5.74, 6) is 0.155. The summed E-state index contributed by atoms with van der Waals surface area (Å²) in [5, 5.41) is 0. The molecular weight excluding hydrogens is 225 g/mol. The molecule has 0 spiro atoms. The van der Waals surface area contributed by atoms with Crippen molar-refractivity contribution < 1.29 is 4.39 Å². The summed E-state index contributed by atoms with van der Waals surface area (Å²) in [6.07, 6.45) is 1.17. The van der Waals surface area contributed by atoms with E-state index in [-0.39, 0.29) is 5.82 Å². The second-order valence-corrected chi connectivity index (χ2v) is 5.51. The maximum Gasteiger partial charge on any atom is 0.123 e. The van der Waals surface area contributed by atoms with Crippen LogP contribution in [0.1, 0.15) is 25.8 Å². The number of hydrogen-bond donors (Lipinski definition) is 0. The lowest BCUT2D eigenvalue weighted by atomic mass is 9.93. The van der Waals surface area contributed by atoms with Gasteiger partial charge < -0.3 is 4.90 Å². The van der Waals surface area contributed by atoms with Crippen molar-refractivity contribution >= 4 is 17.3 Å². The number of alkyl halides is 1. The van der Waals surface area contributed by atoms with Crippen LogP contribution in [0.25, 0.3) is 0 Å². The molecule has 0 aliphatic carbocycles. The number of nitrogens with zero attached hydrogens (tertiary/aromatic N) is 1. The van der Waals surface area contributed by atoms with Gasteiger partial charge in [0.25, 0.3) is 0 Å². The molecule has 0 bridgehead atoms. The Balaban J connectivity index is 2.27. The first-order valence-corrected chi connectivity index (χ1v) is 6.15. The predicted molar refractivity (Wildman–Crippen MR) is 66.6 cm³/mol. The number of halogens is 2. The lowest BCUT2D eigenvalue weighted by molar-refractivity contribution is 0.418. The Bertz CT molecular complexity index is 390. The summed E-state index contributed by atoms with van der Waals surface area (Å²) in [6.45, 7) is 6.57. The molecule has 1 aliphatic rings. The third-order valence-corrected chi connectivity index (χ3v) is 3.49. The second kappa shape index (κ2) is 4.25. The molecule has 0 amide bonds. The van der Waals surface area contributed by atoms with Gasteiger partial charge in [-0.25, -0.2) is 4.39 Å². The topological polar surface area (TPSA) is 3.24 Å². The Kier molecular flexibility index (Phi) is 3.11. The van der Waals surface area contributed by atoms with Gasteiger partial charge in [0.1, 0.15) is 5.82 Å². The van der Waals surface area contributed by atoms with Crippen LogP contribution in [0.5, 0.6) is 0 Å². The van der Waals surface area contributed by atoms with Gasteiger partial charge in [-0.1, -0.05) is 13.8 Å². The first-order chi connectivity index (χ1) is 7.52. The molecule has 1 aromatic rings. The van der Waals surface area contributed by atoms with Gasteiger partial charge in [0, 0.05) is 24.7 Å². The molecular formula is C13H17ClFN. The molecule has 2 rings (SSSR count). The summed E-state index contributed by atoms with van der Waals surface area (Å²) in [6, 6.07) is 4.89. The van der Waals surface area contributed by atoms with Crippen LogP contribution in [-0.2, 0) is 5.88 Å². The second-order valence-electron chi connectivity index (χ2n) is 5.24. The normalized spacial score (nSPS) is 19.1. The van der Waals surface area contributed by atoms with Gasteiger partial charge in [0.15, 0.2) is 0 Å². The highest BCUT2D eigenvalue weighted by Crippen LogP contribution is 2.34. The monoisotopic (exact) mass is 241 g/mol. The van der Waals surface area contributed by atoms with Crippen molar-refractivity contribution in [2.24, 2.45) is 5.41 Å². The van der Waals surface area contributed by atoms with Crippen molar-refractivity contribution in [3.8, 4) is 0 Å². The maximum absolute atomic E-state index is 13.1. The minimum atomic E-state index is -0.210. The van der Waals surface area contributed by atoms with Crippen LogP contribution in [-0.4, -0.2) is 13.1 Å². The van der Waals surface area contributed by atoms with Crippen LogP contribution >= 0.6 is 11.6 Å². The van der Waals surface area contributed by atoms with Crippen molar-refractivity contribution in [3.05, 3.63) is 29.6 Å². The van der Waals surface area contributed by atoms with Crippen LogP contribution in [0.2, 0.25) is 0 Å². The predicted octanol–water partition coefficient (Wildman–Crippen LogP) is 3.80. The molecule has 1 fully saturated rings. The van der Waals surface area contributed by atoms with Gasteiger partial charge in [0.2, 0.25) is 0 Å². The molecule has 0 N–H and O–H groups in total. The largest absolute Gasteiger partial charge is 0.371 e. The van der Waals surface area contributed by atoms with E-state index < -0.39 is 0 Å². The van der Waals surface area contributed by atoms with Gasteiger partial charge in [-0.3, -0.25) is 0 Å². The molecule has 1 aromatic carbocycles. The number of rotatable bonds is 2. The van der Waals surface area contributed by atoms with Crippen molar-refractivity contribution in [2.45, 2.75) is 26.1 Å². The minimum Gasteiger partial charge on any atom is -0.371 e. The van der Waals surface area contributed by atoms with Crippen LogP contribution in [0, 0.1) is 11.2 Å². The summed E-state index contributed by atoms with van der Waals surface area (Å²) in [5.41, 5.74) is 2.32. The fraction of sp³-hybridized carbons (Fsp3) is 0.538. The molecule has 16 heavy (non-hydrogen) atoms. The molecule has 0 saturated carbocycles. The Labute approximate surface area is 101 Å². The van der Waals surface area contributed by atoms with Crippen LogP contribution < -0.4 is 4.90 Å². The molecule has 0 radical (unpaired) electrons. The van der Waals surface area contributed by atoms with Gasteiger partial charge in [-0.05, 0) is 35.6 Å². The van der Waals surface area contributed by atoms with Crippen LogP contribution in [0.3, 0.4) is 0 Å². The van der Waals surface area contributed by atoms with E-state index >= 15 is 0 Å². The maximum atomic E-state index is 13.1. The fourth-order valence-corrected chi connectivity index (χ4v) is 2.50. The highest BCUT2D eigenvalue weighted by Gasteiger charge is 2.30. The quantitative estimate of drug-likeness (QED) is 0.712. The smallest absolute Gasteiger partial charge is 0.123 e. The molecule has 0 atom stereocenters. The van der Waals surface area contributed by atoms with E-state index in [1.54, 1.807) is 0 Å². The molecule has 1 saturated heterocycles. The zero-order chi connectivity index (χ0) is 11.8. The van der Waals surface area contributed by atoms with E-state index in [1.807, 2.05) is 6.07 Å². The van der Waals surface area contributed by atoms with E-state index in [0.717, 1.165) is 24.3 Å². The van der Waals surface area contributed by atoms with Crippen LogP contribution in [0.15, 0.2) is 18.2 Å².